The van der Waals surface area contributed by atoms with E-state index in [1.54, 1.807) is 24.9 Å². The van der Waals surface area contributed by atoms with Crippen molar-refractivity contribution >= 4 is 23.1 Å². The Bertz CT molecular complexity index is 355. The number of rotatable bonds is 5. The smallest absolute Gasteiger partial charge is 0.292 e. The second-order valence-electron chi connectivity index (χ2n) is 2.96. The van der Waals surface area contributed by atoms with Gasteiger partial charge in [-0.25, -0.2) is 0 Å². The topological polar surface area (TPSA) is 55.2 Å². The van der Waals surface area contributed by atoms with Gasteiger partial charge >= 0.3 is 0 Å². The number of hydrogen-bond donors (Lipinski definition) is 1. The molecular formula is C10H14N2O2S. The molecule has 15 heavy (non-hydrogen) atoms. The van der Waals surface area contributed by atoms with Crippen molar-refractivity contribution in [2.45, 2.75) is 12.7 Å². The molecule has 1 rings (SSSR count). The molecule has 1 N–H and O–H groups in total. The van der Waals surface area contributed by atoms with Gasteiger partial charge in [0.05, 0.1) is 4.92 Å². The summed E-state index contributed by atoms with van der Waals surface area (Å²) in [5.74, 6) is 1.81. The van der Waals surface area contributed by atoms with E-state index in [9.17, 15) is 10.1 Å². The SMILES string of the molecule is CCSCc1cccc([N+](=O)[O-])c1NC. The van der Waals surface area contributed by atoms with E-state index in [0.717, 1.165) is 17.1 Å². The summed E-state index contributed by atoms with van der Waals surface area (Å²) in [5, 5.41) is 13.7. The molecule has 0 aromatic heterocycles. The number of nitrogens with zero attached hydrogens (tertiary/aromatic N) is 1. The minimum absolute atomic E-state index is 0.145. The summed E-state index contributed by atoms with van der Waals surface area (Å²) in [6, 6.07) is 5.16. The van der Waals surface area contributed by atoms with E-state index in [1.165, 1.54) is 6.07 Å². The Kier molecular flexibility index (Phi) is 4.42. The van der Waals surface area contributed by atoms with Crippen LogP contribution in [0.15, 0.2) is 18.2 Å². The molecule has 5 heteroatoms. The van der Waals surface area contributed by atoms with Crippen molar-refractivity contribution in [3.63, 3.8) is 0 Å². The van der Waals surface area contributed by atoms with Crippen LogP contribution < -0.4 is 5.32 Å². The van der Waals surface area contributed by atoms with Gasteiger partial charge in [-0.2, -0.15) is 11.8 Å². The van der Waals surface area contributed by atoms with Crippen LogP contribution in [0.3, 0.4) is 0 Å². The van der Waals surface area contributed by atoms with Gasteiger partial charge in [0.15, 0.2) is 0 Å². The maximum Gasteiger partial charge on any atom is 0.292 e. The summed E-state index contributed by atoms with van der Waals surface area (Å²) >= 11 is 1.75. The number of thioether (sulfide) groups is 1. The van der Waals surface area contributed by atoms with Crippen LogP contribution in [0.2, 0.25) is 0 Å². The molecule has 0 fully saturated rings. The Labute approximate surface area is 93.2 Å². The van der Waals surface area contributed by atoms with Crippen LogP contribution in [-0.4, -0.2) is 17.7 Å². The van der Waals surface area contributed by atoms with Gasteiger partial charge in [0.25, 0.3) is 5.69 Å². The number of para-hydroxylation sites is 1. The third-order valence-corrected chi connectivity index (χ3v) is 2.96. The minimum Gasteiger partial charge on any atom is -0.382 e. The molecule has 1 aromatic rings. The van der Waals surface area contributed by atoms with E-state index in [4.69, 9.17) is 0 Å². The zero-order valence-electron chi connectivity index (χ0n) is 8.82. The van der Waals surface area contributed by atoms with Crippen LogP contribution in [0.25, 0.3) is 0 Å². The zero-order chi connectivity index (χ0) is 11.3. The van der Waals surface area contributed by atoms with Crippen molar-refractivity contribution in [2.24, 2.45) is 0 Å². The van der Waals surface area contributed by atoms with Crippen LogP contribution in [-0.2, 0) is 5.75 Å². The van der Waals surface area contributed by atoms with Crippen molar-refractivity contribution in [1.29, 1.82) is 0 Å². The monoisotopic (exact) mass is 226 g/mol. The van der Waals surface area contributed by atoms with Crippen LogP contribution in [0.4, 0.5) is 11.4 Å². The summed E-state index contributed by atoms with van der Waals surface area (Å²) in [6.07, 6.45) is 0. The first-order valence-electron chi connectivity index (χ1n) is 4.72. The quantitative estimate of drug-likeness (QED) is 0.619. The molecule has 0 radical (unpaired) electrons. The highest BCUT2D eigenvalue weighted by Gasteiger charge is 2.15. The number of anilines is 1. The predicted octanol–water partition coefficient (Wildman–Crippen LogP) is 2.89. The highest BCUT2D eigenvalue weighted by atomic mass is 32.2. The fourth-order valence-electron chi connectivity index (χ4n) is 1.36. The second kappa shape index (κ2) is 5.60. The molecule has 0 atom stereocenters. The summed E-state index contributed by atoms with van der Waals surface area (Å²) in [5.41, 5.74) is 1.76. The molecule has 1 aromatic carbocycles. The number of nitro benzene ring substituents is 1. The fourth-order valence-corrected chi connectivity index (χ4v) is 2.02. The van der Waals surface area contributed by atoms with Crippen molar-refractivity contribution in [1.82, 2.24) is 0 Å². The molecule has 0 amide bonds. The van der Waals surface area contributed by atoms with Crippen LogP contribution in [0, 0.1) is 10.1 Å². The molecule has 4 nitrogen and oxygen atoms in total. The Hall–Kier alpha value is -1.23. The van der Waals surface area contributed by atoms with E-state index in [-0.39, 0.29) is 10.6 Å². The molecule has 0 aliphatic heterocycles. The molecule has 0 saturated carbocycles. The number of nitrogens with one attached hydrogen (secondary N) is 1. The van der Waals surface area contributed by atoms with Crippen LogP contribution in [0.5, 0.6) is 0 Å². The Balaban J connectivity index is 3.04. The van der Waals surface area contributed by atoms with Gasteiger partial charge in [-0.05, 0) is 11.3 Å². The largest absolute Gasteiger partial charge is 0.382 e. The van der Waals surface area contributed by atoms with E-state index >= 15 is 0 Å². The molecule has 0 aliphatic rings. The number of benzene rings is 1. The summed E-state index contributed by atoms with van der Waals surface area (Å²) in [7, 11) is 1.71. The average molecular weight is 226 g/mol. The highest BCUT2D eigenvalue weighted by Crippen LogP contribution is 2.30. The van der Waals surface area contributed by atoms with Gasteiger partial charge in [-0.3, -0.25) is 10.1 Å². The van der Waals surface area contributed by atoms with E-state index in [0.29, 0.717) is 5.69 Å². The summed E-state index contributed by atoms with van der Waals surface area (Å²) in [4.78, 5) is 10.4. The lowest BCUT2D eigenvalue weighted by Crippen LogP contribution is -2.00. The maximum atomic E-state index is 10.8. The summed E-state index contributed by atoms with van der Waals surface area (Å²) in [6.45, 7) is 2.07. The van der Waals surface area contributed by atoms with E-state index in [2.05, 4.69) is 12.2 Å². The lowest BCUT2D eigenvalue weighted by molar-refractivity contribution is -0.384. The van der Waals surface area contributed by atoms with Crippen LogP contribution >= 0.6 is 11.8 Å². The molecule has 0 saturated heterocycles. The van der Waals surface area contributed by atoms with Crippen LogP contribution in [0.1, 0.15) is 12.5 Å². The van der Waals surface area contributed by atoms with Crippen molar-refractivity contribution in [3.8, 4) is 0 Å². The summed E-state index contributed by atoms with van der Waals surface area (Å²) < 4.78 is 0. The molecule has 0 bridgehead atoms. The normalized spacial score (nSPS) is 10.0. The third-order valence-electron chi connectivity index (χ3n) is 2.04. The molecule has 0 spiro atoms. The van der Waals surface area contributed by atoms with Gasteiger partial charge in [-0.15, -0.1) is 0 Å². The van der Waals surface area contributed by atoms with Crippen molar-refractivity contribution in [2.75, 3.05) is 18.1 Å². The first kappa shape index (κ1) is 11.8. The van der Waals surface area contributed by atoms with Gasteiger partial charge in [0.2, 0.25) is 0 Å². The first-order valence-corrected chi connectivity index (χ1v) is 5.88. The molecule has 82 valence electrons. The predicted molar refractivity (Wildman–Crippen MR) is 64.5 cm³/mol. The average Bonchev–Trinajstić information content (AvgIpc) is 2.25. The fraction of sp³-hybridized carbons (Fsp3) is 0.400. The number of hydrogen-bond acceptors (Lipinski definition) is 4. The lowest BCUT2D eigenvalue weighted by atomic mass is 10.1. The Morgan fingerprint density at radius 1 is 1.53 bits per heavy atom. The lowest BCUT2D eigenvalue weighted by Gasteiger charge is -2.08. The zero-order valence-corrected chi connectivity index (χ0v) is 9.63. The van der Waals surface area contributed by atoms with Crippen molar-refractivity contribution < 1.29 is 4.92 Å². The Morgan fingerprint density at radius 3 is 2.80 bits per heavy atom. The van der Waals surface area contributed by atoms with Gasteiger partial charge in [0.1, 0.15) is 5.69 Å². The Morgan fingerprint density at radius 2 is 2.27 bits per heavy atom. The molecule has 0 heterocycles. The van der Waals surface area contributed by atoms with Gasteiger partial charge < -0.3 is 5.32 Å². The van der Waals surface area contributed by atoms with E-state index in [1.807, 2.05) is 6.07 Å². The number of nitro groups is 1. The molecule has 0 unspecified atom stereocenters. The molecule has 0 aliphatic carbocycles. The van der Waals surface area contributed by atoms with Crippen molar-refractivity contribution in [3.05, 3.63) is 33.9 Å². The van der Waals surface area contributed by atoms with Gasteiger partial charge in [-0.1, -0.05) is 19.1 Å². The second-order valence-corrected chi connectivity index (χ2v) is 4.23. The maximum absolute atomic E-state index is 10.8. The standard InChI is InChI=1S/C10H14N2O2S/c1-3-15-7-8-5-4-6-9(12(13)14)10(8)11-2/h4-6,11H,3,7H2,1-2H3. The third kappa shape index (κ3) is 2.86. The highest BCUT2D eigenvalue weighted by molar-refractivity contribution is 7.98. The minimum atomic E-state index is -0.355. The molecular weight excluding hydrogens is 212 g/mol. The van der Waals surface area contributed by atoms with E-state index < -0.39 is 0 Å². The van der Waals surface area contributed by atoms with Gasteiger partial charge in [0, 0.05) is 18.9 Å². The first-order chi connectivity index (χ1) is 7.20.